The number of nitrogens with zero attached hydrogens (tertiary/aromatic N) is 2. The van der Waals surface area contributed by atoms with Gasteiger partial charge in [0.2, 0.25) is 0 Å². The zero-order chi connectivity index (χ0) is 10.3. The Hall–Kier alpha value is -1.87. The lowest BCUT2D eigenvalue weighted by molar-refractivity contribution is 0.354. The quantitative estimate of drug-likeness (QED) is 0.633. The number of hydrogen-bond acceptors (Lipinski definition) is 2. The van der Waals surface area contributed by atoms with Crippen molar-refractivity contribution in [3.8, 4) is 0 Å². The molecule has 3 heteroatoms. The largest absolute Gasteiger partial charge is 0.392 e. The van der Waals surface area contributed by atoms with Gasteiger partial charge in [-0.25, -0.2) is 4.98 Å². The predicted molar refractivity (Wildman–Crippen MR) is 59.5 cm³/mol. The molecular weight excluding hydrogens is 188 g/mol. The summed E-state index contributed by atoms with van der Waals surface area (Å²) in [6, 6.07) is 8.15. The van der Waals surface area contributed by atoms with E-state index in [1.54, 1.807) is 12.4 Å². The average molecular weight is 198 g/mol. The van der Waals surface area contributed by atoms with Crippen molar-refractivity contribution in [1.29, 1.82) is 0 Å². The fourth-order valence-electron chi connectivity index (χ4n) is 2.04. The second-order valence-electron chi connectivity index (χ2n) is 3.47. The van der Waals surface area contributed by atoms with E-state index in [9.17, 15) is 0 Å². The molecule has 0 bridgehead atoms. The smallest absolute Gasteiger partial charge is 0.0997 e. The number of benzene rings is 1. The third kappa shape index (κ3) is 1.07. The second-order valence-corrected chi connectivity index (χ2v) is 3.47. The number of aliphatic hydroxyl groups excluding tert-OH is 1. The molecule has 15 heavy (non-hydrogen) atoms. The number of fused-ring (bicyclic) bond motifs is 3. The van der Waals surface area contributed by atoms with Crippen molar-refractivity contribution in [2.24, 2.45) is 0 Å². The van der Waals surface area contributed by atoms with Gasteiger partial charge in [0.15, 0.2) is 0 Å². The summed E-state index contributed by atoms with van der Waals surface area (Å²) >= 11 is 0. The first-order valence-electron chi connectivity index (χ1n) is 4.85. The van der Waals surface area contributed by atoms with Crippen LogP contribution in [0.3, 0.4) is 0 Å². The minimum absolute atomic E-state index is 0.0429. The Morgan fingerprint density at radius 3 is 2.87 bits per heavy atom. The first-order chi connectivity index (χ1) is 7.42. The Morgan fingerprint density at radius 1 is 1.27 bits per heavy atom. The van der Waals surface area contributed by atoms with Crippen molar-refractivity contribution in [1.82, 2.24) is 9.38 Å². The van der Waals surface area contributed by atoms with Crippen LogP contribution in [0.25, 0.3) is 22.4 Å². The van der Waals surface area contributed by atoms with Gasteiger partial charge in [-0.3, -0.25) is 4.40 Å². The third-order valence-corrected chi connectivity index (χ3v) is 2.66. The normalized spacial score (nSPS) is 13.0. The van der Waals surface area contributed by atoms with Gasteiger partial charge in [-0.15, -0.1) is 0 Å². The molecule has 1 N–H and O–H groups in total. The number of aromatic nitrogens is 2. The van der Waals surface area contributed by atoms with Crippen molar-refractivity contribution in [2.45, 2.75) is 0 Å². The van der Waals surface area contributed by atoms with E-state index in [0.29, 0.717) is 0 Å². The molecular formula is C12H10N2O. The van der Waals surface area contributed by atoms with Crippen molar-refractivity contribution in [3.05, 3.63) is 42.1 Å². The van der Waals surface area contributed by atoms with E-state index in [1.165, 1.54) is 5.39 Å². The van der Waals surface area contributed by atoms with E-state index in [0.717, 1.165) is 16.3 Å². The van der Waals surface area contributed by atoms with Gasteiger partial charge in [0.05, 0.1) is 30.0 Å². The average Bonchev–Trinajstić information content (AvgIpc) is 2.82. The van der Waals surface area contributed by atoms with Crippen LogP contribution in [0.4, 0.5) is 0 Å². The zero-order valence-electron chi connectivity index (χ0n) is 8.09. The lowest BCUT2D eigenvalue weighted by Crippen LogP contribution is -2.08. The standard InChI is InChI=1S/C12H10N2O/c15-6-5-11-9-3-1-2-4-10(9)12-7-13-8-14(11)12/h1-5,7-8,15H,6H2. The minimum atomic E-state index is 0.0429. The molecule has 0 atom stereocenters. The van der Waals surface area contributed by atoms with Gasteiger partial charge >= 0.3 is 0 Å². The van der Waals surface area contributed by atoms with E-state index in [1.807, 2.05) is 22.7 Å². The maximum Gasteiger partial charge on any atom is 0.0997 e. The molecule has 2 heterocycles. The van der Waals surface area contributed by atoms with Gasteiger partial charge < -0.3 is 5.11 Å². The summed E-state index contributed by atoms with van der Waals surface area (Å²) in [5, 5.41) is 12.4. The van der Waals surface area contributed by atoms with Crippen molar-refractivity contribution in [3.63, 3.8) is 0 Å². The molecule has 1 aromatic carbocycles. The Labute approximate surface area is 86.3 Å². The summed E-state index contributed by atoms with van der Waals surface area (Å²) in [7, 11) is 0. The van der Waals surface area contributed by atoms with Crippen LogP contribution in [0, 0.1) is 0 Å². The summed E-state index contributed by atoms with van der Waals surface area (Å²) < 4.78 is 2.00. The highest BCUT2D eigenvalue weighted by atomic mass is 16.2. The maximum absolute atomic E-state index is 9.01. The fourth-order valence-corrected chi connectivity index (χ4v) is 2.04. The molecule has 74 valence electrons. The van der Waals surface area contributed by atoms with E-state index < -0.39 is 0 Å². The molecule has 3 aromatic rings. The number of imidazole rings is 1. The fraction of sp³-hybridized carbons (Fsp3) is 0.0833. The van der Waals surface area contributed by atoms with Gasteiger partial charge in [0, 0.05) is 10.8 Å². The molecule has 0 saturated heterocycles. The second kappa shape index (κ2) is 3.07. The Morgan fingerprint density at radius 2 is 2.07 bits per heavy atom. The molecule has 0 aliphatic heterocycles. The predicted octanol–water partition coefficient (Wildman–Crippen LogP) is 0.979. The number of rotatable bonds is 1. The molecule has 0 aliphatic carbocycles. The molecule has 0 amide bonds. The van der Waals surface area contributed by atoms with E-state index in [2.05, 4.69) is 17.1 Å². The van der Waals surface area contributed by atoms with Crippen molar-refractivity contribution in [2.75, 3.05) is 6.61 Å². The summed E-state index contributed by atoms with van der Waals surface area (Å²) in [5.41, 5.74) is 1.09. The van der Waals surface area contributed by atoms with Gasteiger partial charge in [-0.2, -0.15) is 0 Å². The summed E-state index contributed by atoms with van der Waals surface area (Å²) in [6.45, 7) is 0.0429. The van der Waals surface area contributed by atoms with E-state index in [4.69, 9.17) is 5.11 Å². The third-order valence-electron chi connectivity index (χ3n) is 2.66. The van der Waals surface area contributed by atoms with E-state index >= 15 is 0 Å². The van der Waals surface area contributed by atoms with Crippen LogP contribution in [-0.2, 0) is 0 Å². The zero-order valence-corrected chi connectivity index (χ0v) is 8.09. The van der Waals surface area contributed by atoms with Crippen LogP contribution in [0.5, 0.6) is 0 Å². The summed E-state index contributed by atoms with van der Waals surface area (Å²) in [6.07, 6.45) is 5.42. The van der Waals surface area contributed by atoms with Gasteiger partial charge in [0.25, 0.3) is 0 Å². The number of aliphatic hydroxyl groups is 1. The molecule has 2 aromatic heterocycles. The summed E-state index contributed by atoms with van der Waals surface area (Å²) in [5.74, 6) is 0. The monoisotopic (exact) mass is 198 g/mol. The summed E-state index contributed by atoms with van der Waals surface area (Å²) in [4.78, 5) is 4.12. The van der Waals surface area contributed by atoms with Crippen LogP contribution >= 0.6 is 0 Å². The molecule has 0 spiro atoms. The highest BCUT2D eigenvalue weighted by Gasteiger charge is 2.05. The van der Waals surface area contributed by atoms with Crippen LogP contribution in [0.15, 0.2) is 36.8 Å². The highest BCUT2D eigenvalue weighted by Crippen LogP contribution is 2.17. The molecule has 0 fully saturated rings. The highest BCUT2D eigenvalue weighted by molar-refractivity contribution is 5.97. The van der Waals surface area contributed by atoms with E-state index in [-0.39, 0.29) is 6.61 Å². The first kappa shape index (κ1) is 8.44. The van der Waals surface area contributed by atoms with Gasteiger partial charge in [-0.05, 0) is 6.08 Å². The Bertz CT molecular complexity index is 669. The molecule has 0 radical (unpaired) electrons. The van der Waals surface area contributed by atoms with Crippen LogP contribution in [-0.4, -0.2) is 21.1 Å². The van der Waals surface area contributed by atoms with Gasteiger partial charge in [0.1, 0.15) is 0 Å². The first-order valence-corrected chi connectivity index (χ1v) is 4.85. The molecule has 0 unspecified atom stereocenters. The number of hydrogen-bond donors (Lipinski definition) is 1. The SMILES string of the molecule is OCC=c1c2ccccc2c2cncn12. The van der Waals surface area contributed by atoms with Crippen molar-refractivity contribution >= 4 is 22.4 Å². The molecule has 3 nitrogen and oxygen atoms in total. The topological polar surface area (TPSA) is 37.5 Å². The maximum atomic E-state index is 9.01. The Kier molecular flexibility index (Phi) is 1.73. The van der Waals surface area contributed by atoms with Crippen LogP contribution in [0.2, 0.25) is 0 Å². The van der Waals surface area contributed by atoms with Gasteiger partial charge in [-0.1, -0.05) is 24.3 Å². The lowest BCUT2D eigenvalue weighted by Gasteiger charge is -1.87. The Balaban J connectivity index is 2.64. The van der Waals surface area contributed by atoms with Crippen LogP contribution in [0.1, 0.15) is 0 Å². The van der Waals surface area contributed by atoms with Crippen molar-refractivity contribution < 1.29 is 5.11 Å². The van der Waals surface area contributed by atoms with Crippen LogP contribution < -0.4 is 5.35 Å². The molecule has 0 saturated carbocycles. The minimum Gasteiger partial charge on any atom is -0.392 e. The molecule has 0 aliphatic rings. The lowest BCUT2D eigenvalue weighted by atomic mass is 10.2. The molecule has 3 rings (SSSR count).